The highest BCUT2D eigenvalue weighted by Gasteiger charge is 2.19. The van der Waals surface area contributed by atoms with E-state index in [1.165, 1.54) is 79.2 Å². The van der Waals surface area contributed by atoms with Gasteiger partial charge in [0.15, 0.2) is 0 Å². The van der Waals surface area contributed by atoms with Crippen LogP contribution in [-0.2, 0) is 14.1 Å². The molecule has 0 aliphatic rings. The van der Waals surface area contributed by atoms with Gasteiger partial charge in [-0.15, -0.1) is 0 Å². The molecular formula is C29H29N3. The van der Waals surface area contributed by atoms with Crippen LogP contribution >= 0.6 is 0 Å². The Bertz CT molecular complexity index is 1630. The maximum Gasteiger partial charge on any atom is 0.0575 e. The molecule has 160 valence electrons. The summed E-state index contributed by atoms with van der Waals surface area (Å²) in [6, 6.07) is 22.5. The average Bonchev–Trinajstić information content (AvgIpc) is 3.35. The first-order valence-electron chi connectivity index (χ1n) is 11.7. The summed E-state index contributed by atoms with van der Waals surface area (Å²) < 4.78 is 4.60. The molecule has 4 aromatic carbocycles. The molecule has 0 spiro atoms. The molecule has 0 bridgehead atoms. The Morgan fingerprint density at radius 3 is 2.38 bits per heavy atom. The van der Waals surface area contributed by atoms with Crippen LogP contribution in [0.2, 0.25) is 0 Å². The number of fused-ring (bicyclic) bond motifs is 10. The summed E-state index contributed by atoms with van der Waals surface area (Å²) in [5.74, 6) is 0. The number of hydrogen-bond acceptors (Lipinski definition) is 1. The maximum atomic E-state index is 3.79. The van der Waals surface area contributed by atoms with Gasteiger partial charge in [-0.25, -0.2) is 0 Å². The Kier molecular flexibility index (Phi) is 4.39. The highest BCUT2D eigenvalue weighted by Crippen LogP contribution is 2.45. The summed E-state index contributed by atoms with van der Waals surface area (Å²) in [7, 11) is 4.34. The Balaban J connectivity index is 1.83. The average molecular weight is 420 g/mol. The summed E-state index contributed by atoms with van der Waals surface area (Å²) in [4.78, 5) is 0. The number of para-hydroxylation sites is 1. The smallest absolute Gasteiger partial charge is 0.0575 e. The molecule has 3 nitrogen and oxygen atoms in total. The van der Waals surface area contributed by atoms with Gasteiger partial charge in [-0.3, -0.25) is 0 Å². The van der Waals surface area contributed by atoms with Gasteiger partial charge in [0.25, 0.3) is 0 Å². The molecule has 6 rings (SSSR count). The Morgan fingerprint density at radius 2 is 1.50 bits per heavy atom. The van der Waals surface area contributed by atoms with E-state index in [2.05, 4.69) is 102 Å². The van der Waals surface area contributed by atoms with Crippen molar-refractivity contribution in [2.75, 3.05) is 11.9 Å². The molecule has 0 aliphatic carbocycles. The van der Waals surface area contributed by atoms with Gasteiger partial charge in [-0.1, -0.05) is 56.2 Å². The van der Waals surface area contributed by atoms with Crippen molar-refractivity contribution < 1.29 is 0 Å². The summed E-state index contributed by atoms with van der Waals surface area (Å²) in [5.41, 5.74) is 5.12. The lowest BCUT2D eigenvalue weighted by Gasteiger charge is -2.16. The highest BCUT2D eigenvalue weighted by molar-refractivity contribution is 6.37. The van der Waals surface area contributed by atoms with E-state index >= 15 is 0 Å². The van der Waals surface area contributed by atoms with Crippen LogP contribution in [0.1, 0.15) is 26.2 Å². The molecular weight excluding hydrogens is 390 g/mol. The first-order valence-corrected chi connectivity index (χ1v) is 11.7. The molecule has 2 heterocycles. The lowest BCUT2D eigenvalue weighted by atomic mass is 9.93. The predicted octanol–water partition coefficient (Wildman–Crippen LogP) is 7.73. The van der Waals surface area contributed by atoms with E-state index in [9.17, 15) is 0 Å². The van der Waals surface area contributed by atoms with Gasteiger partial charge in [-0.2, -0.15) is 0 Å². The second-order valence-corrected chi connectivity index (χ2v) is 9.01. The number of aromatic nitrogens is 2. The molecule has 0 saturated carbocycles. The van der Waals surface area contributed by atoms with E-state index in [-0.39, 0.29) is 0 Å². The SMILES string of the molecule is CCCCCNc1cccc2c1c1c(ccc3c1ccn3C)c1c3ccccc3n(C)c21. The molecule has 3 heteroatoms. The minimum Gasteiger partial charge on any atom is -0.385 e. The third-order valence-corrected chi connectivity index (χ3v) is 7.11. The van der Waals surface area contributed by atoms with E-state index in [0.717, 1.165) is 6.54 Å². The lowest BCUT2D eigenvalue weighted by Crippen LogP contribution is -2.02. The summed E-state index contributed by atoms with van der Waals surface area (Å²) in [5, 5.41) is 13.2. The van der Waals surface area contributed by atoms with Crippen molar-refractivity contribution in [3.63, 3.8) is 0 Å². The molecule has 1 N–H and O–H groups in total. The number of unbranched alkanes of at least 4 members (excludes halogenated alkanes) is 2. The number of hydrogen-bond donors (Lipinski definition) is 1. The van der Waals surface area contributed by atoms with Gasteiger partial charge < -0.3 is 14.5 Å². The highest BCUT2D eigenvalue weighted by atomic mass is 14.9. The normalized spacial score (nSPS) is 12.1. The van der Waals surface area contributed by atoms with E-state index in [1.54, 1.807) is 0 Å². The molecule has 2 aromatic heterocycles. The van der Waals surface area contributed by atoms with E-state index in [1.807, 2.05) is 0 Å². The topological polar surface area (TPSA) is 21.9 Å². The van der Waals surface area contributed by atoms with Gasteiger partial charge in [0.1, 0.15) is 0 Å². The van der Waals surface area contributed by atoms with Crippen LogP contribution in [0.5, 0.6) is 0 Å². The minimum absolute atomic E-state index is 1.01. The van der Waals surface area contributed by atoms with E-state index < -0.39 is 0 Å². The number of nitrogens with zero attached hydrogens (tertiary/aromatic N) is 2. The minimum atomic E-state index is 1.01. The number of aryl methyl sites for hydroxylation is 2. The zero-order valence-electron chi connectivity index (χ0n) is 19.1. The fraction of sp³-hybridized carbons (Fsp3) is 0.241. The maximum absolute atomic E-state index is 3.79. The van der Waals surface area contributed by atoms with Gasteiger partial charge >= 0.3 is 0 Å². The first kappa shape index (κ1) is 19.2. The molecule has 6 aromatic rings. The Hall–Kier alpha value is -3.46. The van der Waals surface area contributed by atoms with Crippen LogP contribution in [0.25, 0.3) is 54.3 Å². The van der Waals surface area contributed by atoms with Crippen LogP contribution in [-0.4, -0.2) is 15.7 Å². The Morgan fingerprint density at radius 1 is 0.688 bits per heavy atom. The summed E-state index contributed by atoms with van der Waals surface area (Å²) in [6.45, 7) is 3.26. The lowest BCUT2D eigenvalue weighted by molar-refractivity contribution is 0.744. The van der Waals surface area contributed by atoms with Gasteiger partial charge in [0, 0.05) is 75.9 Å². The fourth-order valence-corrected chi connectivity index (χ4v) is 5.57. The predicted molar refractivity (Wildman–Crippen MR) is 140 cm³/mol. The number of anilines is 1. The van der Waals surface area contributed by atoms with Gasteiger partial charge in [0.05, 0.1) is 5.52 Å². The van der Waals surface area contributed by atoms with Crippen molar-refractivity contribution in [2.45, 2.75) is 26.2 Å². The van der Waals surface area contributed by atoms with Crippen LogP contribution in [0, 0.1) is 0 Å². The fourth-order valence-electron chi connectivity index (χ4n) is 5.57. The first-order chi connectivity index (χ1) is 15.7. The molecule has 0 atom stereocenters. The monoisotopic (exact) mass is 419 g/mol. The van der Waals surface area contributed by atoms with E-state index in [0.29, 0.717) is 0 Å². The number of benzene rings is 4. The van der Waals surface area contributed by atoms with Crippen LogP contribution < -0.4 is 5.32 Å². The third kappa shape index (κ3) is 2.60. The standard InChI is InChI=1S/C29H29N3/c1-4-5-8-17-30-23-12-9-11-22-28(23)26-20-16-18-31(2)24(20)15-14-21(26)27-19-10-6-7-13-25(19)32(3)29(22)27/h6-7,9-16,18,30H,4-5,8,17H2,1-3H3. The number of rotatable bonds is 5. The summed E-state index contributed by atoms with van der Waals surface area (Å²) >= 11 is 0. The Labute approximate surface area is 188 Å². The number of nitrogens with one attached hydrogen (secondary N) is 1. The van der Waals surface area contributed by atoms with Crippen molar-refractivity contribution in [3.05, 3.63) is 66.9 Å². The summed E-state index contributed by atoms with van der Waals surface area (Å²) in [6.07, 6.45) is 5.87. The van der Waals surface area contributed by atoms with Gasteiger partial charge in [0.2, 0.25) is 0 Å². The van der Waals surface area contributed by atoms with Crippen LogP contribution in [0.15, 0.2) is 66.9 Å². The zero-order valence-corrected chi connectivity index (χ0v) is 19.1. The molecule has 0 aliphatic heterocycles. The third-order valence-electron chi connectivity index (χ3n) is 7.11. The quantitative estimate of drug-likeness (QED) is 0.224. The molecule has 32 heavy (non-hydrogen) atoms. The molecule has 0 amide bonds. The van der Waals surface area contributed by atoms with Crippen molar-refractivity contribution in [1.82, 2.24) is 9.13 Å². The van der Waals surface area contributed by atoms with Crippen molar-refractivity contribution in [1.29, 1.82) is 0 Å². The van der Waals surface area contributed by atoms with Crippen molar-refractivity contribution >= 4 is 59.9 Å². The van der Waals surface area contributed by atoms with Gasteiger partial charge in [-0.05, 0) is 36.1 Å². The molecule has 0 saturated heterocycles. The van der Waals surface area contributed by atoms with E-state index in [4.69, 9.17) is 0 Å². The van der Waals surface area contributed by atoms with Crippen molar-refractivity contribution in [2.24, 2.45) is 14.1 Å². The second-order valence-electron chi connectivity index (χ2n) is 9.01. The molecule has 0 fully saturated rings. The van der Waals surface area contributed by atoms with Crippen LogP contribution in [0.4, 0.5) is 5.69 Å². The molecule has 0 unspecified atom stereocenters. The largest absolute Gasteiger partial charge is 0.385 e. The zero-order chi connectivity index (χ0) is 21.8. The second kappa shape index (κ2) is 7.30. The van der Waals surface area contributed by atoms with Crippen LogP contribution in [0.3, 0.4) is 0 Å². The molecule has 0 radical (unpaired) electrons. The van der Waals surface area contributed by atoms with Crippen molar-refractivity contribution in [3.8, 4) is 0 Å².